The number of likely N-dealkylation sites (tertiary alicyclic amines) is 1. The molecule has 1 amide bonds. The maximum Gasteiger partial charge on any atom is 0.253 e. The molecule has 16 heavy (non-hydrogen) atoms. The molecular formula is C12H13ClN2O. The van der Waals surface area contributed by atoms with E-state index in [-0.39, 0.29) is 11.4 Å². The number of rotatable bonds is 1. The summed E-state index contributed by atoms with van der Waals surface area (Å²) < 4.78 is 0. The van der Waals surface area contributed by atoms with Gasteiger partial charge in [-0.25, -0.2) is 0 Å². The van der Waals surface area contributed by atoms with Crippen LogP contribution in [0, 0.1) is 5.92 Å². The third kappa shape index (κ3) is 1.51. The van der Waals surface area contributed by atoms with Gasteiger partial charge in [-0.15, -0.1) is 0 Å². The fourth-order valence-corrected chi connectivity index (χ4v) is 2.67. The number of nitrogens with two attached hydrogens (primary N) is 1. The van der Waals surface area contributed by atoms with E-state index in [1.54, 1.807) is 24.3 Å². The molecule has 3 nitrogen and oxygen atoms in total. The number of hydrogen-bond acceptors (Lipinski definition) is 2. The summed E-state index contributed by atoms with van der Waals surface area (Å²) in [7, 11) is 0. The van der Waals surface area contributed by atoms with Gasteiger partial charge in [-0.05, 0) is 30.5 Å². The van der Waals surface area contributed by atoms with Crippen molar-refractivity contribution in [2.45, 2.75) is 12.0 Å². The topological polar surface area (TPSA) is 46.3 Å². The standard InChI is InChI=1S/C12H13ClN2O/c13-10-3-1-2-8(4-10)11(16)15-6-9-5-12(9,14)7-15/h1-4,9H,5-7,14H2/t9-,12+/m0/s1. The number of amides is 1. The lowest BCUT2D eigenvalue weighted by atomic mass is 10.2. The predicted octanol–water partition coefficient (Wildman–Crippen LogP) is 1.51. The van der Waals surface area contributed by atoms with Gasteiger partial charge in [0.25, 0.3) is 5.91 Å². The van der Waals surface area contributed by atoms with E-state index in [9.17, 15) is 4.79 Å². The molecule has 1 saturated heterocycles. The van der Waals surface area contributed by atoms with Crippen LogP contribution >= 0.6 is 11.6 Å². The molecule has 2 N–H and O–H groups in total. The van der Waals surface area contributed by atoms with E-state index in [1.807, 2.05) is 4.90 Å². The SMILES string of the molecule is N[C@@]12C[C@H]1CN(C(=O)c1cccc(Cl)c1)C2. The Kier molecular flexibility index (Phi) is 2.03. The lowest BCUT2D eigenvalue weighted by molar-refractivity contribution is 0.0772. The molecule has 0 unspecified atom stereocenters. The smallest absolute Gasteiger partial charge is 0.253 e. The van der Waals surface area contributed by atoms with Gasteiger partial charge in [-0.2, -0.15) is 0 Å². The molecule has 1 aromatic rings. The van der Waals surface area contributed by atoms with Gasteiger partial charge < -0.3 is 10.6 Å². The first-order valence-corrected chi connectivity index (χ1v) is 5.80. The summed E-state index contributed by atoms with van der Waals surface area (Å²) in [5, 5.41) is 0.595. The van der Waals surface area contributed by atoms with Crippen molar-refractivity contribution in [1.82, 2.24) is 4.90 Å². The quantitative estimate of drug-likeness (QED) is 0.804. The zero-order chi connectivity index (χ0) is 11.3. The zero-order valence-corrected chi connectivity index (χ0v) is 9.57. The lowest BCUT2D eigenvalue weighted by Crippen LogP contribution is -2.36. The van der Waals surface area contributed by atoms with Crippen LogP contribution in [0.15, 0.2) is 24.3 Å². The molecule has 1 aromatic carbocycles. The van der Waals surface area contributed by atoms with Gasteiger partial charge in [0.05, 0.1) is 0 Å². The summed E-state index contributed by atoms with van der Waals surface area (Å²) in [6, 6.07) is 7.06. The first-order valence-electron chi connectivity index (χ1n) is 5.42. The number of carbonyl (C=O) groups is 1. The van der Waals surface area contributed by atoms with E-state index in [0.29, 0.717) is 23.0 Å². The second-order valence-corrected chi connectivity index (χ2v) is 5.27. The van der Waals surface area contributed by atoms with Crippen LogP contribution in [0.3, 0.4) is 0 Å². The Morgan fingerprint density at radius 2 is 2.38 bits per heavy atom. The fourth-order valence-electron chi connectivity index (χ4n) is 2.48. The first kappa shape index (κ1) is 10.1. The van der Waals surface area contributed by atoms with Gasteiger partial charge in [-0.1, -0.05) is 17.7 Å². The van der Waals surface area contributed by atoms with Crippen molar-refractivity contribution in [3.05, 3.63) is 34.9 Å². The number of halogens is 1. The Labute approximate surface area is 99.2 Å². The number of carbonyl (C=O) groups excluding carboxylic acids is 1. The van der Waals surface area contributed by atoms with Crippen molar-refractivity contribution < 1.29 is 4.79 Å². The van der Waals surface area contributed by atoms with Crippen LogP contribution in [0.4, 0.5) is 0 Å². The molecule has 0 aromatic heterocycles. The summed E-state index contributed by atoms with van der Waals surface area (Å²) in [6.45, 7) is 1.48. The van der Waals surface area contributed by atoms with Crippen molar-refractivity contribution in [2.75, 3.05) is 13.1 Å². The molecule has 2 atom stereocenters. The van der Waals surface area contributed by atoms with Gasteiger partial charge in [0.1, 0.15) is 0 Å². The number of benzene rings is 1. The average molecular weight is 237 g/mol. The highest BCUT2D eigenvalue weighted by atomic mass is 35.5. The van der Waals surface area contributed by atoms with E-state index in [1.165, 1.54) is 0 Å². The Balaban J connectivity index is 1.79. The van der Waals surface area contributed by atoms with E-state index < -0.39 is 0 Å². The molecule has 1 aliphatic heterocycles. The molecule has 4 heteroatoms. The molecular weight excluding hydrogens is 224 g/mol. The summed E-state index contributed by atoms with van der Waals surface area (Å²) in [4.78, 5) is 14.0. The fraction of sp³-hybridized carbons (Fsp3) is 0.417. The second kappa shape index (κ2) is 3.22. The molecule has 2 fully saturated rings. The van der Waals surface area contributed by atoms with Crippen LogP contribution in [0.25, 0.3) is 0 Å². The Morgan fingerprint density at radius 3 is 3.00 bits per heavy atom. The van der Waals surface area contributed by atoms with Gasteiger partial charge in [0.2, 0.25) is 0 Å². The molecule has 1 saturated carbocycles. The minimum Gasteiger partial charge on any atom is -0.336 e. The normalized spacial score (nSPS) is 31.4. The summed E-state index contributed by atoms with van der Waals surface area (Å²) in [5.74, 6) is 0.551. The van der Waals surface area contributed by atoms with Crippen LogP contribution in [0.5, 0.6) is 0 Å². The molecule has 3 rings (SSSR count). The minimum absolute atomic E-state index is 0.0412. The molecule has 1 aliphatic carbocycles. The highest BCUT2D eigenvalue weighted by Gasteiger charge is 2.58. The highest BCUT2D eigenvalue weighted by Crippen LogP contribution is 2.47. The van der Waals surface area contributed by atoms with Crippen LogP contribution in [0.1, 0.15) is 16.8 Å². The Hall–Kier alpha value is -1.06. The van der Waals surface area contributed by atoms with Crippen molar-refractivity contribution in [2.24, 2.45) is 11.7 Å². The number of hydrogen-bond donors (Lipinski definition) is 1. The van der Waals surface area contributed by atoms with E-state index in [2.05, 4.69) is 0 Å². The highest BCUT2D eigenvalue weighted by molar-refractivity contribution is 6.30. The van der Waals surface area contributed by atoms with Gasteiger partial charge in [0, 0.05) is 29.2 Å². The zero-order valence-electron chi connectivity index (χ0n) is 8.82. The second-order valence-electron chi connectivity index (χ2n) is 4.83. The number of fused-ring (bicyclic) bond motifs is 1. The molecule has 0 radical (unpaired) electrons. The van der Waals surface area contributed by atoms with Crippen molar-refractivity contribution in [3.8, 4) is 0 Å². The van der Waals surface area contributed by atoms with Crippen molar-refractivity contribution in [3.63, 3.8) is 0 Å². The number of nitrogens with zero attached hydrogens (tertiary/aromatic N) is 1. The first-order chi connectivity index (χ1) is 7.58. The molecule has 2 aliphatic rings. The molecule has 84 valence electrons. The molecule has 0 bridgehead atoms. The monoisotopic (exact) mass is 236 g/mol. The van der Waals surface area contributed by atoms with E-state index >= 15 is 0 Å². The third-order valence-electron chi connectivity index (χ3n) is 3.56. The molecule has 1 heterocycles. The van der Waals surface area contributed by atoms with Crippen LogP contribution in [-0.2, 0) is 0 Å². The maximum atomic E-state index is 12.1. The Morgan fingerprint density at radius 1 is 1.56 bits per heavy atom. The summed E-state index contributed by atoms with van der Waals surface area (Å²) in [5.41, 5.74) is 6.63. The molecule has 0 spiro atoms. The van der Waals surface area contributed by atoms with E-state index in [4.69, 9.17) is 17.3 Å². The third-order valence-corrected chi connectivity index (χ3v) is 3.80. The van der Waals surface area contributed by atoms with Crippen molar-refractivity contribution >= 4 is 17.5 Å². The summed E-state index contributed by atoms with van der Waals surface area (Å²) in [6.07, 6.45) is 1.06. The largest absolute Gasteiger partial charge is 0.336 e. The van der Waals surface area contributed by atoms with Crippen LogP contribution in [0.2, 0.25) is 5.02 Å². The van der Waals surface area contributed by atoms with E-state index in [0.717, 1.165) is 13.0 Å². The Bertz CT molecular complexity index is 462. The van der Waals surface area contributed by atoms with Gasteiger partial charge in [0.15, 0.2) is 0 Å². The van der Waals surface area contributed by atoms with Crippen LogP contribution in [-0.4, -0.2) is 29.4 Å². The lowest BCUT2D eigenvalue weighted by Gasteiger charge is -2.19. The van der Waals surface area contributed by atoms with Gasteiger partial charge in [-0.3, -0.25) is 4.79 Å². The van der Waals surface area contributed by atoms with Crippen LogP contribution < -0.4 is 5.73 Å². The predicted molar refractivity (Wildman–Crippen MR) is 62.4 cm³/mol. The maximum absolute atomic E-state index is 12.1. The van der Waals surface area contributed by atoms with Gasteiger partial charge >= 0.3 is 0 Å². The average Bonchev–Trinajstić information content (AvgIpc) is 2.76. The minimum atomic E-state index is -0.0891. The summed E-state index contributed by atoms with van der Waals surface area (Å²) >= 11 is 5.86. The van der Waals surface area contributed by atoms with Crippen molar-refractivity contribution in [1.29, 1.82) is 0 Å². The number of piperidine rings is 1.